The maximum Gasteiger partial charge on any atom is 0.422 e. The van der Waals surface area contributed by atoms with Gasteiger partial charge in [-0.3, -0.25) is 0 Å². The van der Waals surface area contributed by atoms with E-state index in [1.807, 2.05) is 0 Å². The van der Waals surface area contributed by atoms with Crippen molar-refractivity contribution in [3.8, 4) is 22.3 Å². The topological polar surface area (TPSA) is 9.23 Å². The van der Waals surface area contributed by atoms with Gasteiger partial charge in [0.25, 0.3) is 0 Å². The summed E-state index contributed by atoms with van der Waals surface area (Å²) < 4.78 is 128. The molecule has 0 radical (unpaired) electrons. The van der Waals surface area contributed by atoms with Crippen LogP contribution in [0.2, 0.25) is 0 Å². The summed E-state index contributed by atoms with van der Waals surface area (Å²) in [5.74, 6) is -7.28. The Bertz CT molecular complexity index is 1530. The Balaban J connectivity index is 1.47. The van der Waals surface area contributed by atoms with E-state index >= 15 is 0 Å². The van der Waals surface area contributed by atoms with E-state index in [0.29, 0.717) is 23.3 Å². The fourth-order valence-electron chi connectivity index (χ4n) is 4.31. The molecular weight excluding hydrogens is 559 g/mol. The monoisotopic (exact) mass is 580 g/mol. The largest absolute Gasteiger partial charge is 0.422 e. The van der Waals surface area contributed by atoms with Crippen molar-refractivity contribution >= 4 is 5.83 Å². The van der Waals surface area contributed by atoms with Gasteiger partial charge in [-0.25, -0.2) is 26.3 Å². The molecule has 0 aliphatic carbocycles. The molecule has 4 aromatic carbocycles. The fourth-order valence-corrected chi connectivity index (χ4v) is 4.31. The molecule has 0 fully saturated rings. The van der Waals surface area contributed by atoms with Gasteiger partial charge in [-0.15, -0.1) is 0 Å². The van der Waals surface area contributed by atoms with Gasteiger partial charge in [0.05, 0.1) is 0 Å². The van der Waals surface area contributed by atoms with Gasteiger partial charge in [0, 0.05) is 18.2 Å². The molecule has 4 aromatic rings. The van der Waals surface area contributed by atoms with E-state index in [9.17, 15) is 39.5 Å². The predicted octanol–water partition coefficient (Wildman–Crippen LogP) is 9.63. The van der Waals surface area contributed by atoms with Crippen LogP contribution in [0.3, 0.4) is 0 Å². The first-order chi connectivity index (χ1) is 19.4. The number of rotatable bonds is 8. The molecule has 0 spiro atoms. The minimum Gasteiger partial charge on any atom is -0.377 e. The number of benzene rings is 4. The minimum atomic E-state index is -5.17. The molecule has 0 aliphatic rings. The molecule has 10 heteroatoms. The standard InChI is InChI=1S/C31H21F9O/c1-41-16-28(36)30(37)20-9-7-19(8-10-20)21-12-24(32)23(25(33)13-21)11-4-17-2-5-18(6-3-17)22-14-26(34)29(27(35)15-22)31(38,39)40/h2-3,5-10,12-15H,4,11,16H2,1H3/b30-28+. The van der Waals surface area contributed by atoms with Crippen LogP contribution in [0.5, 0.6) is 0 Å². The molecule has 1 nitrogen and oxygen atoms in total. The zero-order valence-electron chi connectivity index (χ0n) is 21.4. The van der Waals surface area contributed by atoms with Gasteiger partial charge in [-0.05, 0) is 64.9 Å². The van der Waals surface area contributed by atoms with E-state index in [-0.39, 0.29) is 40.7 Å². The number of hydrogen-bond donors (Lipinski definition) is 0. The first-order valence-corrected chi connectivity index (χ1v) is 12.2. The lowest BCUT2D eigenvalue weighted by Crippen LogP contribution is -2.11. The van der Waals surface area contributed by atoms with E-state index in [2.05, 4.69) is 4.74 Å². The lowest BCUT2D eigenvalue weighted by atomic mass is 9.97. The Morgan fingerprint density at radius 2 is 1.10 bits per heavy atom. The van der Waals surface area contributed by atoms with Gasteiger partial charge >= 0.3 is 6.18 Å². The van der Waals surface area contributed by atoms with Gasteiger partial charge in [0.1, 0.15) is 35.4 Å². The summed E-state index contributed by atoms with van der Waals surface area (Å²) >= 11 is 0. The number of alkyl halides is 3. The first-order valence-electron chi connectivity index (χ1n) is 12.2. The summed E-state index contributed by atoms with van der Waals surface area (Å²) in [5, 5.41) is 0. The molecule has 0 aromatic heterocycles. The Morgan fingerprint density at radius 3 is 1.56 bits per heavy atom. The van der Waals surface area contributed by atoms with Crippen LogP contribution in [0.4, 0.5) is 39.5 Å². The van der Waals surface area contributed by atoms with Crippen molar-refractivity contribution in [2.45, 2.75) is 19.0 Å². The molecule has 0 saturated heterocycles. The second-order valence-electron chi connectivity index (χ2n) is 9.16. The van der Waals surface area contributed by atoms with Crippen molar-refractivity contribution in [2.24, 2.45) is 0 Å². The van der Waals surface area contributed by atoms with E-state index in [4.69, 9.17) is 0 Å². The highest BCUT2D eigenvalue weighted by Gasteiger charge is 2.38. The zero-order valence-corrected chi connectivity index (χ0v) is 21.4. The van der Waals surface area contributed by atoms with Crippen molar-refractivity contribution < 1.29 is 44.3 Å². The number of halogens is 9. The molecule has 41 heavy (non-hydrogen) atoms. The Kier molecular flexibility index (Phi) is 8.92. The molecular formula is C31H21F9O. The number of hydrogen-bond acceptors (Lipinski definition) is 1. The average molecular weight is 580 g/mol. The third kappa shape index (κ3) is 6.82. The van der Waals surface area contributed by atoms with E-state index in [1.54, 1.807) is 0 Å². The summed E-state index contributed by atoms with van der Waals surface area (Å²) in [6.45, 7) is -0.533. The van der Waals surface area contributed by atoms with Crippen molar-refractivity contribution in [1.29, 1.82) is 0 Å². The van der Waals surface area contributed by atoms with Gasteiger partial charge in [0.15, 0.2) is 11.7 Å². The predicted molar refractivity (Wildman–Crippen MR) is 137 cm³/mol. The van der Waals surface area contributed by atoms with Crippen LogP contribution in [-0.2, 0) is 23.8 Å². The smallest absolute Gasteiger partial charge is 0.377 e. The molecule has 0 saturated carbocycles. The zero-order chi connectivity index (χ0) is 29.9. The average Bonchev–Trinajstić information content (AvgIpc) is 2.91. The van der Waals surface area contributed by atoms with Gasteiger partial charge in [-0.2, -0.15) is 13.2 Å². The number of ether oxygens (including phenoxy) is 1. The number of methoxy groups -OCH3 is 1. The highest BCUT2D eigenvalue weighted by atomic mass is 19.4. The molecule has 0 bridgehead atoms. The van der Waals surface area contributed by atoms with Crippen molar-refractivity contribution in [2.75, 3.05) is 13.7 Å². The SMILES string of the molecule is COC/C(F)=C(\F)c1ccc(-c2cc(F)c(CCc3ccc(-c4cc(F)c(C(F)(F)F)c(F)c4)cc3)c(F)c2)cc1. The Hall–Kier alpha value is -4.05. The van der Waals surface area contributed by atoms with Crippen molar-refractivity contribution in [1.82, 2.24) is 0 Å². The van der Waals surface area contributed by atoms with E-state index in [0.717, 1.165) is 12.1 Å². The summed E-state index contributed by atoms with van der Waals surface area (Å²) in [6, 6.07) is 14.8. The molecule has 0 amide bonds. The van der Waals surface area contributed by atoms with Crippen molar-refractivity contribution in [3.05, 3.63) is 124 Å². The summed E-state index contributed by atoms with van der Waals surface area (Å²) in [5.41, 5.74) is -0.858. The maximum atomic E-state index is 14.9. The maximum absolute atomic E-state index is 14.9. The van der Waals surface area contributed by atoms with Crippen LogP contribution in [-0.4, -0.2) is 13.7 Å². The molecule has 0 heterocycles. The van der Waals surface area contributed by atoms with E-state index < -0.39 is 53.3 Å². The highest BCUT2D eigenvalue weighted by Crippen LogP contribution is 2.36. The molecule has 0 aliphatic heterocycles. The third-order valence-corrected chi connectivity index (χ3v) is 6.40. The van der Waals surface area contributed by atoms with E-state index in [1.165, 1.54) is 55.6 Å². The quantitative estimate of drug-likeness (QED) is 0.189. The normalized spacial score (nSPS) is 12.4. The molecule has 0 unspecified atom stereocenters. The van der Waals surface area contributed by atoms with Crippen LogP contribution < -0.4 is 0 Å². The van der Waals surface area contributed by atoms with Crippen molar-refractivity contribution in [3.63, 3.8) is 0 Å². The molecule has 4 rings (SSSR count). The Labute approximate surface area is 229 Å². The summed E-state index contributed by atoms with van der Waals surface area (Å²) in [7, 11) is 1.22. The van der Waals surface area contributed by atoms with Crippen LogP contribution in [0.1, 0.15) is 22.3 Å². The van der Waals surface area contributed by atoms with Crippen LogP contribution >= 0.6 is 0 Å². The molecule has 0 atom stereocenters. The highest BCUT2D eigenvalue weighted by molar-refractivity contribution is 5.69. The molecule has 214 valence electrons. The summed E-state index contributed by atoms with van der Waals surface area (Å²) in [4.78, 5) is 0. The Morgan fingerprint density at radius 1 is 0.634 bits per heavy atom. The van der Waals surface area contributed by atoms with Crippen LogP contribution in [0.15, 0.2) is 78.6 Å². The third-order valence-electron chi connectivity index (χ3n) is 6.40. The van der Waals surface area contributed by atoms with Crippen LogP contribution in [0.25, 0.3) is 28.1 Å². The van der Waals surface area contributed by atoms with Gasteiger partial charge in [-0.1, -0.05) is 48.5 Å². The van der Waals surface area contributed by atoms with Gasteiger partial charge < -0.3 is 4.74 Å². The lowest BCUT2D eigenvalue weighted by molar-refractivity contribution is -0.142. The fraction of sp³-hybridized carbons (Fsp3) is 0.161. The number of aryl methyl sites for hydroxylation is 1. The minimum absolute atomic E-state index is 0.0332. The first kappa shape index (κ1) is 29.9. The van der Waals surface area contributed by atoms with Crippen LogP contribution in [0, 0.1) is 23.3 Å². The second-order valence-corrected chi connectivity index (χ2v) is 9.16. The summed E-state index contributed by atoms with van der Waals surface area (Å²) in [6.07, 6.45) is -5.02. The van der Waals surface area contributed by atoms with Gasteiger partial charge in [0.2, 0.25) is 0 Å². The second kappa shape index (κ2) is 12.2. The molecule has 0 N–H and O–H groups in total. The lowest BCUT2D eigenvalue weighted by Gasteiger charge is -2.12.